The van der Waals surface area contributed by atoms with Gasteiger partial charge in [0.15, 0.2) is 6.79 Å². The van der Waals surface area contributed by atoms with Crippen molar-refractivity contribution in [2.24, 2.45) is 0 Å². The van der Waals surface area contributed by atoms with Crippen molar-refractivity contribution in [1.29, 1.82) is 0 Å². The first-order valence-corrected chi connectivity index (χ1v) is 15.1. The van der Waals surface area contributed by atoms with Crippen molar-refractivity contribution in [3.8, 4) is 22.6 Å². The summed E-state index contributed by atoms with van der Waals surface area (Å²) < 4.78 is 22.0. The van der Waals surface area contributed by atoms with Gasteiger partial charge in [-0.25, -0.2) is 4.79 Å². The van der Waals surface area contributed by atoms with Crippen molar-refractivity contribution in [2.45, 2.75) is 58.2 Å². The number of ether oxygens (including phenoxy) is 4. The van der Waals surface area contributed by atoms with Crippen LogP contribution in [0.2, 0.25) is 0 Å². The number of amides is 2. The minimum Gasteiger partial charge on any atom is -0.497 e. The molecular weight excluding hydrogens is 556 g/mol. The summed E-state index contributed by atoms with van der Waals surface area (Å²) in [6, 6.07) is 24.3. The van der Waals surface area contributed by atoms with Crippen LogP contribution in [0.5, 0.6) is 11.5 Å². The first-order valence-electron chi connectivity index (χ1n) is 15.1. The minimum absolute atomic E-state index is 0.0666. The van der Waals surface area contributed by atoms with Crippen LogP contribution < -0.4 is 9.47 Å². The molecule has 1 aliphatic heterocycles. The van der Waals surface area contributed by atoms with Crippen LogP contribution in [0, 0.1) is 0 Å². The lowest BCUT2D eigenvalue weighted by Crippen LogP contribution is -2.44. The molecule has 44 heavy (non-hydrogen) atoms. The molecular formula is C36H42N2O6. The lowest BCUT2D eigenvalue weighted by atomic mass is 9.90. The van der Waals surface area contributed by atoms with E-state index >= 15 is 0 Å². The Balaban J connectivity index is 1.52. The van der Waals surface area contributed by atoms with Gasteiger partial charge in [-0.15, -0.1) is 0 Å². The topological polar surface area (TPSA) is 77.5 Å². The summed E-state index contributed by atoms with van der Waals surface area (Å²) in [7, 11) is 3.18. The largest absolute Gasteiger partial charge is 0.497 e. The van der Waals surface area contributed by atoms with E-state index in [9.17, 15) is 9.59 Å². The van der Waals surface area contributed by atoms with E-state index in [0.29, 0.717) is 36.6 Å². The van der Waals surface area contributed by atoms with Crippen molar-refractivity contribution in [1.82, 2.24) is 9.80 Å². The Morgan fingerprint density at radius 2 is 1.59 bits per heavy atom. The van der Waals surface area contributed by atoms with E-state index in [1.807, 2.05) is 62.1 Å². The maximum absolute atomic E-state index is 14.6. The van der Waals surface area contributed by atoms with Crippen LogP contribution in [0.25, 0.3) is 16.7 Å². The molecule has 1 aliphatic carbocycles. The van der Waals surface area contributed by atoms with E-state index in [4.69, 9.17) is 18.9 Å². The molecule has 0 radical (unpaired) electrons. The number of nitrogens with zero attached hydrogens (tertiary/aromatic N) is 2. The third-order valence-corrected chi connectivity index (χ3v) is 7.69. The fourth-order valence-corrected chi connectivity index (χ4v) is 5.45. The molecule has 0 bridgehead atoms. The van der Waals surface area contributed by atoms with Crippen molar-refractivity contribution in [2.75, 3.05) is 34.1 Å². The highest BCUT2D eigenvalue weighted by molar-refractivity contribution is 6.03. The molecule has 3 aromatic carbocycles. The van der Waals surface area contributed by atoms with Gasteiger partial charge in [0.05, 0.1) is 13.7 Å². The summed E-state index contributed by atoms with van der Waals surface area (Å²) in [5, 5.41) is 0. The van der Waals surface area contributed by atoms with Crippen LogP contribution in [0.3, 0.4) is 0 Å². The Morgan fingerprint density at radius 1 is 0.886 bits per heavy atom. The quantitative estimate of drug-likeness (QED) is 0.236. The van der Waals surface area contributed by atoms with Gasteiger partial charge < -0.3 is 28.7 Å². The van der Waals surface area contributed by atoms with Gasteiger partial charge in [-0.2, -0.15) is 0 Å². The molecule has 8 nitrogen and oxygen atoms in total. The van der Waals surface area contributed by atoms with Gasteiger partial charge in [0.1, 0.15) is 17.1 Å². The molecule has 8 heteroatoms. The lowest BCUT2D eigenvalue weighted by Gasteiger charge is -2.34. The molecule has 2 aliphatic rings. The van der Waals surface area contributed by atoms with Crippen LogP contribution in [-0.4, -0.2) is 67.5 Å². The molecule has 2 amide bonds. The van der Waals surface area contributed by atoms with Crippen molar-refractivity contribution < 1.29 is 28.5 Å². The predicted molar refractivity (Wildman–Crippen MR) is 170 cm³/mol. The first-order chi connectivity index (χ1) is 21.1. The summed E-state index contributed by atoms with van der Waals surface area (Å²) in [5.41, 5.74) is 5.03. The SMILES string of the molecule is COCOc1cc(CN(C(=O)C2=C(c3cccc(-c4ccccc4)c3)CCN(C(=O)OC(C)(C)C)C2)C2CC2)cc(OC)c1. The number of rotatable bonds is 10. The molecule has 0 unspecified atom stereocenters. The van der Waals surface area contributed by atoms with Crippen molar-refractivity contribution in [3.63, 3.8) is 0 Å². The molecule has 0 N–H and O–H groups in total. The molecule has 0 spiro atoms. The Kier molecular flexibility index (Phi) is 9.59. The molecule has 1 heterocycles. The second-order valence-electron chi connectivity index (χ2n) is 12.3. The summed E-state index contributed by atoms with van der Waals surface area (Å²) in [6.07, 6.45) is 2.01. The fraction of sp³-hybridized carbons (Fsp3) is 0.389. The molecule has 0 saturated heterocycles. The standard InChI is InChI=1S/C36H42N2O6/c1-36(2,3)44-35(40)37-17-16-32(28-13-9-12-27(20-28)26-10-7-6-8-11-26)33(23-37)34(39)38(29-14-15-29)22-25-18-30(42-5)21-31(19-25)43-24-41-4/h6-13,18-21,29H,14-17,22-24H2,1-5H3. The minimum atomic E-state index is -0.635. The second kappa shape index (κ2) is 13.6. The van der Waals surface area contributed by atoms with Crippen LogP contribution in [0.4, 0.5) is 4.79 Å². The molecule has 1 saturated carbocycles. The summed E-state index contributed by atoms with van der Waals surface area (Å²) in [5.74, 6) is 1.18. The molecule has 0 aromatic heterocycles. The van der Waals surface area contributed by atoms with Crippen LogP contribution in [0.1, 0.15) is 51.2 Å². The van der Waals surface area contributed by atoms with E-state index in [1.54, 1.807) is 25.2 Å². The normalized spacial score (nSPS) is 15.2. The highest BCUT2D eigenvalue weighted by Gasteiger charge is 2.38. The van der Waals surface area contributed by atoms with E-state index in [-0.39, 0.29) is 25.3 Å². The van der Waals surface area contributed by atoms with Gasteiger partial charge in [-0.05, 0) is 86.1 Å². The van der Waals surface area contributed by atoms with Crippen LogP contribution in [-0.2, 0) is 20.8 Å². The summed E-state index contributed by atoms with van der Waals surface area (Å²) in [6.45, 7) is 6.70. The maximum Gasteiger partial charge on any atom is 0.410 e. The number of carbonyl (C=O) groups excluding carboxylic acids is 2. The van der Waals surface area contributed by atoms with Crippen LogP contribution >= 0.6 is 0 Å². The number of hydrogen-bond acceptors (Lipinski definition) is 6. The van der Waals surface area contributed by atoms with Gasteiger partial charge >= 0.3 is 6.09 Å². The van der Waals surface area contributed by atoms with Gasteiger partial charge in [-0.1, -0.05) is 48.5 Å². The third-order valence-electron chi connectivity index (χ3n) is 7.69. The molecule has 1 fully saturated rings. The Bertz CT molecular complexity index is 1510. The van der Waals surface area contributed by atoms with E-state index in [1.165, 1.54) is 0 Å². The predicted octanol–water partition coefficient (Wildman–Crippen LogP) is 6.93. The molecule has 0 atom stereocenters. The fourth-order valence-electron chi connectivity index (χ4n) is 5.45. The van der Waals surface area contributed by atoms with E-state index in [2.05, 4.69) is 30.3 Å². The van der Waals surface area contributed by atoms with Crippen LogP contribution in [0.15, 0.2) is 78.4 Å². The van der Waals surface area contributed by atoms with E-state index < -0.39 is 11.7 Å². The number of hydrogen-bond donors (Lipinski definition) is 0. The summed E-state index contributed by atoms with van der Waals surface area (Å²) >= 11 is 0. The number of benzene rings is 3. The monoisotopic (exact) mass is 598 g/mol. The van der Waals surface area contributed by atoms with Gasteiger partial charge in [-0.3, -0.25) is 4.79 Å². The highest BCUT2D eigenvalue weighted by Crippen LogP contribution is 2.36. The highest BCUT2D eigenvalue weighted by atomic mass is 16.7. The zero-order valence-corrected chi connectivity index (χ0v) is 26.3. The second-order valence-corrected chi connectivity index (χ2v) is 12.3. The number of methoxy groups -OCH3 is 2. The van der Waals surface area contributed by atoms with Gasteiger partial charge in [0.25, 0.3) is 5.91 Å². The van der Waals surface area contributed by atoms with Gasteiger partial charge in [0.2, 0.25) is 0 Å². The van der Waals surface area contributed by atoms with E-state index in [0.717, 1.165) is 40.7 Å². The third kappa shape index (κ3) is 7.80. The average Bonchev–Trinajstić information content (AvgIpc) is 3.87. The average molecular weight is 599 g/mol. The lowest BCUT2D eigenvalue weighted by molar-refractivity contribution is -0.128. The number of carbonyl (C=O) groups is 2. The maximum atomic E-state index is 14.6. The Hall–Kier alpha value is -4.30. The zero-order chi connectivity index (χ0) is 31.3. The van der Waals surface area contributed by atoms with Gasteiger partial charge in [0, 0.05) is 37.9 Å². The zero-order valence-electron chi connectivity index (χ0n) is 26.3. The molecule has 3 aromatic rings. The smallest absolute Gasteiger partial charge is 0.410 e. The molecule has 5 rings (SSSR count). The van der Waals surface area contributed by atoms with Crippen molar-refractivity contribution >= 4 is 17.6 Å². The first kappa shape index (κ1) is 31.1. The molecule has 232 valence electrons. The Morgan fingerprint density at radius 3 is 2.27 bits per heavy atom. The summed E-state index contributed by atoms with van der Waals surface area (Å²) in [4.78, 5) is 31.4. The Labute approximate surface area is 260 Å². The van der Waals surface area contributed by atoms with Crippen molar-refractivity contribution in [3.05, 3.63) is 89.5 Å².